The number of carbonyl (C=O) groups is 2. The SMILES string of the molecule is COc1ccc(CC(=O)O)cc1CC(C)(O)CC=O. The molecule has 0 heterocycles. The Morgan fingerprint density at radius 2 is 2.16 bits per heavy atom. The second-order valence-electron chi connectivity index (χ2n) is 4.76. The number of carbonyl (C=O) groups excluding carboxylic acids is 1. The largest absolute Gasteiger partial charge is 0.496 e. The first-order valence-electron chi connectivity index (χ1n) is 5.91. The van der Waals surface area contributed by atoms with Gasteiger partial charge in [0, 0.05) is 12.8 Å². The first-order valence-corrected chi connectivity index (χ1v) is 5.91. The first kappa shape index (κ1) is 15.2. The van der Waals surface area contributed by atoms with Crippen molar-refractivity contribution in [2.24, 2.45) is 0 Å². The van der Waals surface area contributed by atoms with Gasteiger partial charge in [0.25, 0.3) is 0 Å². The Balaban J connectivity index is 3.01. The molecule has 0 aliphatic heterocycles. The molecule has 2 N–H and O–H groups in total. The lowest BCUT2D eigenvalue weighted by Gasteiger charge is -2.22. The second-order valence-corrected chi connectivity index (χ2v) is 4.76. The molecule has 1 unspecified atom stereocenters. The van der Waals surface area contributed by atoms with E-state index in [1.165, 1.54) is 7.11 Å². The number of methoxy groups -OCH3 is 1. The van der Waals surface area contributed by atoms with Crippen LogP contribution in [0.25, 0.3) is 0 Å². The highest BCUT2D eigenvalue weighted by Crippen LogP contribution is 2.26. The summed E-state index contributed by atoms with van der Waals surface area (Å²) in [5.41, 5.74) is 0.148. The topological polar surface area (TPSA) is 83.8 Å². The van der Waals surface area contributed by atoms with E-state index in [9.17, 15) is 14.7 Å². The molecule has 0 amide bonds. The molecule has 0 bridgehead atoms. The van der Waals surface area contributed by atoms with Crippen molar-refractivity contribution in [3.63, 3.8) is 0 Å². The average molecular weight is 266 g/mol. The van der Waals surface area contributed by atoms with Crippen LogP contribution in [0.4, 0.5) is 0 Å². The zero-order chi connectivity index (χ0) is 14.5. The van der Waals surface area contributed by atoms with E-state index < -0.39 is 11.6 Å². The Morgan fingerprint density at radius 1 is 1.47 bits per heavy atom. The Labute approximate surface area is 111 Å². The molecular weight excluding hydrogens is 248 g/mol. The summed E-state index contributed by atoms with van der Waals surface area (Å²) in [6, 6.07) is 5.03. The molecule has 0 saturated heterocycles. The highest BCUT2D eigenvalue weighted by molar-refractivity contribution is 5.70. The van der Waals surface area contributed by atoms with Gasteiger partial charge in [0.1, 0.15) is 12.0 Å². The van der Waals surface area contributed by atoms with Gasteiger partial charge in [-0.2, -0.15) is 0 Å². The van der Waals surface area contributed by atoms with Crippen molar-refractivity contribution < 1.29 is 24.5 Å². The van der Waals surface area contributed by atoms with Crippen molar-refractivity contribution in [1.82, 2.24) is 0 Å². The van der Waals surface area contributed by atoms with Crippen LogP contribution in [0.5, 0.6) is 5.75 Å². The smallest absolute Gasteiger partial charge is 0.307 e. The van der Waals surface area contributed by atoms with Crippen LogP contribution in [-0.2, 0) is 22.4 Å². The summed E-state index contributed by atoms with van der Waals surface area (Å²) in [4.78, 5) is 21.2. The number of aldehydes is 1. The number of aliphatic carboxylic acids is 1. The average Bonchev–Trinajstić information content (AvgIpc) is 2.27. The third-order valence-electron chi connectivity index (χ3n) is 2.79. The van der Waals surface area contributed by atoms with E-state index in [-0.39, 0.29) is 19.3 Å². The Morgan fingerprint density at radius 3 is 2.68 bits per heavy atom. The maximum absolute atomic E-state index is 10.7. The van der Waals surface area contributed by atoms with Gasteiger partial charge in [-0.15, -0.1) is 0 Å². The van der Waals surface area contributed by atoms with Crippen LogP contribution in [-0.4, -0.2) is 35.2 Å². The summed E-state index contributed by atoms with van der Waals surface area (Å²) in [6.07, 6.45) is 0.808. The van der Waals surface area contributed by atoms with E-state index >= 15 is 0 Å². The molecule has 1 aromatic carbocycles. The van der Waals surface area contributed by atoms with Gasteiger partial charge in [0.15, 0.2) is 0 Å². The van der Waals surface area contributed by atoms with E-state index in [1.54, 1.807) is 25.1 Å². The standard InChI is InChI=1S/C14H18O5/c1-14(18,5-6-15)9-11-7-10(8-13(16)17)3-4-12(11)19-2/h3-4,6-7,18H,5,8-9H2,1-2H3,(H,16,17). The molecule has 0 saturated carbocycles. The molecule has 0 aliphatic carbocycles. The summed E-state index contributed by atoms with van der Waals surface area (Å²) in [6.45, 7) is 1.56. The fourth-order valence-electron chi connectivity index (χ4n) is 1.92. The quantitative estimate of drug-likeness (QED) is 0.725. The van der Waals surface area contributed by atoms with Crippen LogP contribution < -0.4 is 4.74 Å². The lowest BCUT2D eigenvalue weighted by Crippen LogP contribution is -2.27. The third kappa shape index (κ3) is 4.71. The molecule has 104 valence electrons. The first-order chi connectivity index (χ1) is 8.88. The summed E-state index contributed by atoms with van der Waals surface area (Å²) in [5, 5.41) is 18.8. The molecule has 1 aromatic rings. The number of benzene rings is 1. The van der Waals surface area contributed by atoms with Gasteiger partial charge in [0.05, 0.1) is 19.1 Å². The maximum atomic E-state index is 10.7. The predicted molar refractivity (Wildman–Crippen MR) is 69.3 cm³/mol. The lowest BCUT2D eigenvalue weighted by atomic mass is 9.92. The van der Waals surface area contributed by atoms with Crippen molar-refractivity contribution in [3.05, 3.63) is 29.3 Å². The maximum Gasteiger partial charge on any atom is 0.307 e. The molecule has 0 aromatic heterocycles. The molecule has 0 aliphatic rings. The predicted octanol–water partition coefficient (Wildman–Crippen LogP) is 1.20. The fraction of sp³-hybridized carbons (Fsp3) is 0.429. The van der Waals surface area contributed by atoms with Crippen LogP contribution in [0.15, 0.2) is 18.2 Å². The van der Waals surface area contributed by atoms with Crippen molar-refractivity contribution in [2.45, 2.75) is 31.8 Å². The van der Waals surface area contributed by atoms with Crippen molar-refractivity contribution in [3.8, 4) is 5.75 Å². The highest BCUT2D eigenvalue weighted by Gasteiger charge is 2.22. The molecule has 1 atom stereocenters. The number of ether oxygens (including phenoxy) is 1. The second kappa shape index (κ2) is 6.33. The minimum absolute atomic E-state index is 0.0132. The van der Waals surface area contributed by atoms with Gasteiger partial charge >= 0.3 is 5.97 Å². The number of aliphatic hydroxyl groups is 1. The van der Waals surface area contributed by atoms with E-state index in [4.69, 9.17) is 9.84 Å². The highest BCUT2D eigenvalue weighted by atomic mass is 16.5. The molecular formula is C14H18O5. The van der Waals surface area contributed by atoms with E-state index in [1.807, 2.05) is 0 Å². The van der Waals surface area contributed by atoms with E-state index in [2.05, 4.69) is 0 Å². The summed E-state index contributed by atoms with van der Waals surface area (Å²) in [7, 11) is 1.50. The van der Waals surface area contributed by atoms with Crippen LogP contribution >= 0.6 is 0 Å². The van der Waals surface area contributed by atoms with Crippen LogP contribution in [0.2, 0.25) is 0 Å². The Bertz CT molecular complexity index is 465. The third-order valence-corrected chi connectivity index (χ3v) is 2.79. The van der Waals surface area contributed by atoms with Gasteiger partial charge in [-0.3, -0.25) is 4.79 Å². The van der Waals surface area contributed by atoms with Gasteiger partial charge in [-0.1, -0.05) is 12.1 Å². The molecule has 19 heavy (non-hydrogen) atoms. The molecule has 0 radical (unpaired) electrons. The van der Waals surface area contributed by atoms with E-state index in [0.717, 1.165) is 0 Å². The number of hydrogen-bond acceptors (Lipinski definition) is 4. The van der Waals surface area contributed by atoms with Crippen LogP contribution in [0.1, 0.15) is 24.5 Å². The number of rotatable bonds is 7. The summed E-state index contributed by atoms with van der Waals surface area (Å²) in [5.74, 6) is -0.351. The molecule has 5 nitrogen and oxygen atoms in total. The summed E-state index contributed by atoms with van der Waals surface area (Å²) < 4.78 is 5.18. The van der Waals surface area contributed by atoms with Crippen molar-refractivity contribution >= 4 is 12.3 Å². The number of hydrogen-bond donors (Lipinski definition) is 2. The zero-order valence-corrected chi connectivity index (χ0v) is 11.0. The molecule has 0 spiro atoms. The van der Waals surface area contributed by atoms with E-state index in [0.29, 0.717) is 23.2 Å². The molecule has 1 rings (SSSR count). The van der Waals surface area contributed by atoms with Crippen LogP contribution in [0.3, 0.4) is 0 Å². The normalized spacial score (nSPS) is 13.6. The van der Waals surface area contributed by atoms with Crippen LogP contribution in [0, 0.1) is 0 Å². The van der Waals surface area contributed by atoms with Gasteiger partial charge < -0.3 is 19.7 Å². The van der Waals surface area contributed by atoms with Gasteiger partial charge in [0.2, 0.25) is 0 Å². The summed E-state index contributed by atoms with van der Waals surface area (Å²) >= 11 is 0. The van der Waals surface area contributed by atoms with Crippen molar-refractivity contribution in [1.29, 1.82) is 0 Å². The van der Waals surface area contributed by atoms with Gasteiger partial charge in [-0.05, 0) is 24.1 Å². The Kier molecular flexibility index (Phi) is 5.06. The molecule has 0 fully saturated rings. The minimum Gasteiger partial charge on any atom is -0.496 e. The molecule has 5 heteroatoms. The monoisotopic (exact) mass is 266 g/mol. The number of carboxylic acid groups (broad SMARTS) is 1. The zero-order valence-electron chi connectivity index (χ0n) is 11.0. The van der Waals surface area contributed by atoms with Crippen molar-refractivity contribution in [2.75, 3.05) is 7.11 Å². The number of carboxylic acids is 1. The minimum atomic E-state index is -1.17. The van der Waals surface area contributed by atoms with Gasteiger partial charge in [-0.25, -0.2) is 0 Å². The lowest BCUT2D eigenvalue weighted by molar-refractivity contribution is -0.136. The fourth-order valence-corrected chi connectivity index (χ4v) is 1.92. The Hall–Kier alpha value is -1.88.